The van der Waals surface area contributed by atoms with Gasteiger partial charge in [-0.15, -0.1) is 11.3 Å². The van der Waals surface area contributed by atoms with Crippen LogP contribution in [0.25, 0.3) is 0 Å². The van der Waals surface area contributed by atoms with Crippen LogP contribution in [0.5, 0.6) is 0 Å². The van der Waals surface area contributed by atoms with Gasteiger partial charge in [0.1, 0.15) is 0 Å². The summed E-state index contributed by atoms with van der Waals surface area (Å²) in [4.78, 5) is 29.8. The number of carbonyl (C=O) groups excluding carboxylic acids is 1. The lowest BCUT2D eigenvalue weighted by molar-refractivity contribution is -0.141. The average Bonchev–Trinajstić information content (AvgIpc) is 2.84. The molecule has 0 aromatic carbocycles. The molecule has 1 N–H and O–H groups in total. The molecule has 1 aromatic rings. The highest BCUT2D eigenvalue weighted by Gasteiger charge is 2.34. The topological polar surface area (TPSA) is 70.5 Å². The average molecular weight is 268 g/mol. The molecule has 6 heteroatoms. The van der Waals surface area contributed by atoms with Crippen LogP contribution < -0.4 is 0 Å². The number of aromatic nitrogens is 1. The third-order valence-electron chi connectivity index (χ3n) is 3.12. The van der Waals surface area contributed by atoms with E-state index >= 15 is 0 Å². The zero-order chi connectivity index (χ0) is 13.3. The first kappa shape index (κ1) is 13.0. The number of nitrogens with zero attached hydrogens (tertiary/aromatic N) is 2. The Morgan fingerprint density at radius 2 is 2.33 bits per heavy atom. The summed E-state index contributed by atoms with van der Waals surface area (Å²) >= 11 is 1.59. The van der Waals surface area contributed by atoms with Crippen molar-refractivity contribution in [3.63, 3.8) is 0 Å². The fraction of sp³-hybridized carbons (Fsp3) is 0.583. The lowest BCUT2D eigenvalue weighted by atomic mass is 10.1. The van der Waals surface area contributed by atoms with Gasteiger partial charge in [-0.25, -0.2) is 4.98 Å². The largest absolute Gasteiger partial charge is 0.481 e. The smallest absolute Gasteiger partial charge is 0.308 e. The summed E-state index contributed by atoms with van der Waals surface area (Å²) < 4.78 is 0. The van der Waals surface area contributed by atoms with E-state index in [4.69, 9.17) is 5.11 Å². The van der Waals surface area contributed by atoms with Crippen LogP contribution in [0, 0.1) is 12.8 Å². The molecular formula is C12H16N2O3S. The molecule has 0 spiro atoms. The molecule has 1 aromatic heterocycles. The van der Waals surface area contributed by atoms with Gasteiger partial charge in [0.25, 0.3) is 0 Å². The van der Waals surface area contributed by atoms with Crippen LogP contribution in [-0.2, 0) is 22.6 Å². The highest BCUT2D eigenvalue weighted by atomic mass is 32.1. The monoisotopic (exact) mass is 268 g/mol. The van der Waals surface area contributed by atoms with Crippen LogP contribution in [-0.4, -0.2) is 33.4 Å². The van der Waals surface area contributed by atoms with E-state index < -0.39 is 11.9 Å². The van der Waals surface area contributed by atoms with Gasteiger partial charge >= 0.3 is 5.97 Å². The number of thiazole rings is 1. The minimum Gasteiger partial charge on any atom is -0.481 e. The third kappa shape index (κ3) is 2.53. The molecule has 1 aliphatic heterocycles. The fourth-order valence-corrected chi connectivity index (χ4v) is 3.22. The summed E-state index contributed by atoms with van der Waals surface area (Å²) in [6, 6.07) is 0. The molecule has 5 nitrogen and oxygen atoms in total. The van der Waals surface area contributed by atoms with E-state index in [1.807, 2.05) is 13.8 Å². The number of hydrogen-bond donors (Lipinski definition) is 1. The number of likely N-dealkylation sites (tertiary alicyclic amines) is 1. The second-order valence-electron chi connectivity index (χ2n) is 4.47. The molecule has 1 saturated heterocycles. The van der Waals surface area contributed by atoms with E-state index in [1.54, 1.807) is 16.2 Å². The molecule has 1 fully saturated rings. The Kier molecular flexibility index (Phi) is 3.65. The van der Waals surface area contributed by atoms with Crippen molar-refractivity contribution in [2.75, 3.05) is 6.54 Å². The van der Waals surface area contributed by atoms with Crippen LogP contribution in [0.15, 0.2) is 0 Å². The Labute approximate surface area is 109 Å². The van der Waals surface area contributed by atoms with E-state index in [-0.39, 0.29) is 12.3 Å². The van der Waals surface area contributed by atoms with Crippen molar-refractivity contribution in [2.45, 2.75) is 33.2 Å². The third-order valence-corrected chi connectivity index (χ3v) is 4.12. The van der Waals surface area contributed by atoms with Gasteiger partial charge in [-0.05, 0) is 13.3 Å². The number of carbonyl (C=O) groups is 2. The van der Waals surface area contributed by atoms with Crippen molar-refractivity contribution in [2.24, 2.45) is 5.92 Å². The highest BCUT2D eigenvalue weighted by molar-refractivity contribution is 7.11. The Morgan fingerprint density at radius 3 is 2.89 bits per heavy atom. The van der Waals surface area contributed by atoms with E-state index in [0.717, 1.165) is 22.0 Å². The summed E-state index contributed by atoms with van der Waals surface area (Å²) in [5, 5.41) is 9.92. The zero-order valence-corrected chi connectivity index (χ0v) is 11.3. The standard InChI is InChI=1S/C12H16N2O3S/c1-3-9-10(18-7(2)13-9)6-14-5-8(12(16)17)4-11(14)15/h8H,3-6H2,1-2H3,(H,16,17)/t8-/m1/s1. The number of rotatable bonds is 4. The maximum atomic E-state index is 11.7. The number of carboxylic acids is 1. The number of amides is 1. The van der Waals surface area contributed by atoms with Gasteiger partial charge in [-0.1, -0.05) is 6.92 Å². The van der Waals surface area contributed by atoms with Gasteiger partial charge in [-0.3, -0.25) is 9.59 Å². The Bertz CT molecular complexity index is 484. The molecular weight excluding hydrogens is 252 g/mol. The van der Waals surface area contributed by atoms with Crippen molar-refractivity contribution >= 4 is 23.2 Å². The lowest BCUT2D eigenvalue weighted by Crippen LogP contribution is -2.25. The molecule has 2 heterocycles. The van der Waals surface area contributed by atoms with E-state index in [2.05, 4.69) is 4.98 Å². The van der Waals surface area contributed by atoms with Crippen molar-refractivity contribution in [3.05, 3.63) is 15.6 Å². The number of aliphatic carboxylic acids is 1. The molecule has 2 rings (SSSR count). The van der Waals surface area contributed by atoms with E-state index in [1.165, 1.54) is 0 Å². The second kappa shape index (κ2) is 5.06. The van der Waals surface area contributed by atoms with Gasteiger partial charge in [-0.2, -0.15) is 0 Å². The van der Waals surface area contributed by atoms with Gasteiger partial charge in [0.2, 0.25) is 5.91 Å². The fourth-order valence-electron chi connectivity index (χ4n) is 2.18. The maximum Gasteiger partial charge on any atom is 0.308 e. The van der Waals surface area contributed by atoms with E-state index in [9.17, 15) is 9.59 Å². The predicted octanol–water partition coefficient (Wildman–Crippen LogP) is 1.45. The molecule has 0 radical (unpaired) electrons. The van der Waals surface area contributed by atoms with Crippen LogP contribution in [0.4, 0.5) is 0 Å². The minimum absolute atomic E-state index is 0.0736. The summed E-state index contributed by atoms with van der Waals surface area (Å²) in [6.45, 7) is 4.79. The zero-order valence-electron chi connectivity index (χ0n) is 10.5. The summed E-state index contributed by atoms with van der Waals surface area (Å²) in [5.74, 6) is -1.52. The summed E-state index contributed by atoms with van der Waals surface area (Å²) in [7, 11) is 0. The molecule has 0 bridgehead atoms. The lowest BCUT2D eigenvalue weighted by Gasteiger charge is -2.15. The molecule has 1 aliphatic rings. The predicted molar refractivity (Wildman–Crippen MR) is 67.4 cm³/mol. The maximum absolute atomic E-state index is 11.7. The first-order valence-electron chi connectivity index (χ1n) is 5.97. The Morgan fingerprint density at radius 1 is 1.61 bits per heavy atom. The first-order valence-corrected chi connectivity index (χ1v) is 6.78. The van der Waals surface area contributed by atoms with Gasteiger partial charge in [0.05, 0.1) is 23.2 Å². The summed E-state index contributed by atoms with van der Waals surface area (Å²) in [6.07, 6.45) is 0.957. The SMILES string of the molecule is CCc1nc(C)sc1CN1C[C@H](C(=O)O)CC1=O. The van der Waals surface area contributed by atoms with Crippen molar-refractivity contribution in [1.82, 2.24) is 9.88 Å². The van der Waals surface area contributed by atoms with Crippen LogP contribution in [0.3, 0.4) is 0 Å². The van der Waals surface area contributed by atoms with Gasteiger partial charge < -0.3 is 10.0 Å². The van der Waals surface area contributed by atoms with Crippen LogP contribution >= 0.6 is 11.3 Å². The number of carboxylic acid groups (broad SMARTS) is 1. The molecule has 18 heavy (non-hydrogen) atoms. The normalized spacial score (nSPS) is 19.6. The highest BCUT2D eigenvalue weighted by Crippen LogP contribution is 2.25. The second-order valence-corrected chi connectivity index (χ2v) is 5.76. The van der Waals surface area contributed by atoms with E-state index in [0.29, 0.717) is 13.1 Å². The molecule has 98 valence electrons. The Balaban J connectivity index is 2.10. The molecule has 0 unspecified atom stereocenters. The van der Waals surface area contributed by atoms with Gasteiger partial charge in [0.15, 0.2) is 0 Å². The number of aryl methyl sites for hydroxylation is 2. The van der Waals surface area contributed by atoms with Crippen molar-refractivity contribution in [1.29, 1.82) is 0 Å². The van der Waals surface area contributed by atoms with Crippen molar-refractivity contribution in [3.8, 4) is 0 Å². The molecule has 1 amide bonds. The Hall–Kier alpha value is -1.43. The van der Waals surface area contributed by atoms with Crippen LogP contribution in [0.2, 0.25) is 0 Å². The first-order chi connectivity index (χ1) is 8.51. The summed E-state index contributed by atoms with van der Waals surface area (Å²) in [5.41, 5.74) is 1.02. The van der Waals surface area contributed by atoms with Crippen LogP contribution in [0.1, 0.15) is 28.9 Å². The molecule has 0 saturated carbocycles. The molecule has 1 atom stereocenters. The number of hydrogen-bond acceptors (Lipinski definition) is 4. The minimum atomic E-state index is -0.887. The molecule has 0 aliphatic carbocycles. The van der Waals surface area contributed by atoms with Crippen molar-refractivity contribution < 1.29 is 14.7 Å². The van der Waals surface area contributed by atoms with Gasteiger partial charge in [0, 0.05) is 17.8 Å². The quantitative estimate of drug-likeness (QED) is 0.897.